The van der Waals surface area contributed by atoms with Gasteiger partial charge in [0, 0.05) is 38.4 Å². The molecule has 6 heteroatoms. The highest BCUT2D eigenvalue weighted by atomic mass is 35.5. The zero-order valence-corrected chi connectivity index (χ0v) is 17.6. The van der Waals surface area contributed by atoms with E-state index >= 15 is 0 Å². The number of hydrogen-bond donors (Lipinski definition) is 1. The normalized spacial score (nSPS) is 15.4. The van der Waals surface area contributed by atoms with Crippen LogP contribution < -0.4 is 9.64 Å². The molecule has 1 aliphatic heterocycles. The minimum absolute atomic E-state index is 0. The van der Waals surface area contributed by atoms with Gasteiger partial charge in [0.2, 0.25) is 0 Å². The molecule has 3 rings (SSSR count). The summed E-state index contributed by atoms with van der Waals surface area (Å²) in [7, 11) is 0. The fourth-order valence-corrected chi connectivity index (χ4v) is 3.39. The topological polar surface area (TPSA) is 35.9 Å². The molecule has 27 heavy (non-hydrogen) atoms. The molecule has 1 saturated heterocycles. The Morgan fingerprint density at radius 2 is 1.52 bits per heavy atom. The number of aliphatic hydroxyl groups is 1. The second-order valence-electron chi connectivity index (χ2n) is 6.91. The SMILES string of the molecule is Cc1cc(C)cc(OCC(O)CN2CCN(c3ccccc3)CC2)c1.Cl.Cl. The number of nitrogens with zero attached hydrogens (tertiary/aromatic N) is 2. The molecule has 0 radical (unpaired) electrons. The van der Waals surface area contributed by atoms with Gasteiger partial charge in [-0.05, 0) is 49.2 Å². The highest BCUT2D eigenvalue weighted by Gasteiger charge is 2.19. The Bertz CT molecular complexity index is 657. The van der Waals surface area contributed by atoms with Crippen LogP contribution in [0.4, 0.5) is 5.69 Å². The van der Waals surface area contributed by atoms with Gasteiger partial charge in [0.15, 0.2) is 0 Å². The lowest BCUT2D eigenvalue weighted by Gasteiger charge is -2.36. The number of aryl methyl sites for hydroxylation is 2. The largest absolute Gasteiger partial charge is 0.491 e. The molecule has 2 aromatic carbocycles. The molecular formula is C21H30Cl2N2O2. The number of para-hydroxylation sites is 1. The second kappa shape index (κ2) is 11.4. The minimum Gasteiger partial charge on any atom is -0.491 e. The number of rotatable bonds is 6. The third kappa shape index (κ3) is 7.23. The summed E-state index contributed by atoms with van der Waals surface area (Å²) in [5, 5.41) is 10.3. The Morgan fingerprint density at radius 1 is 0.926 bits per heavy atom. The maximum absolute atomic E-state index is 10.3. The summed E-state index contributed by atoms with van der Waals surface area (Å²) < 4.78 is 5.77. The van der Waals surface area contributed by atoms with Crippen LogP contribution in [0.15, 0.2) is 48.5 Å². The Morgan fingerprint density at radius 3 is 2.11 bits per heavy atom. The number of benzene rings is 2. The van der Waals surface area contributed by atoms with Crippen LogP contribution in [-0.2, 0) is 0 Å². The van der Waals surface area contributed by atoms with Gasteiger partial charge in [-0.3, -0.25) is 4.90 Å². The molecule has 1 N–H and O–H groups in total. The highest BCUT2D eigenvalue weighted by Crippen LogP contribution is 2.17. The summed E-state index contributed by atoms with van der Waals surface area (Å²) >= 11 is 0. The molecule has 1 aliphatic rings. The van der Waals surface area contributed by atoms with E-state index in [-0.39, 0.29) is 24.8 Å². The monoisotopic (exact) mass is 412 g/mol. The molecule has 1 fully saturated rings. The van der Waals surface area contributed by atoms with E-state index in [1.165, 1.54) is 16.8 Å². The zero-order valence-electron chi connectivity index (χ0n) is 16.0. The molecule has 0 aromatic heterocycles. The van der Waals surface area contributed by atoms with Crippen molar-refractivity contribution < 1.29 is 9.84 Å². The quantitative estimate of drug-likeness (QED) is 0.784. The summed E-state index contributed by atoms with van der Waals surface area (Å²) in [6.45, 7) is 9.04. The molecule has 0 spiro atoms. The summed E-state index contributed by atoms with van der Waals surface area (Å²) in [4.78, 5) is 4.71. The zero-order chi connectivity index (χ0) is 17.6. The van der Waals surface area contributed by atoms with E-state index in [1.807, 2.05) is 18.2 Å². The Balaban J connectivity index is 0.00000182. The lowest BCUT2D eigenvalue weighted by molar-refractivity contribution is 0.0663. The number of piperazine rings is 1. The van der Waals surface area contributed by atoms with Gasteiger partial charge in [0.05, 0.1) is 0 Å². The van der Waals surface area contributed by atoms with Crippen molar-refractivity contribution in [3.8, 4) is 5.75 Å². The smallest absolute Gasteiger partial charge is 0.119 e. The third-order valence-corrected chi connectivity index (χ3v) is 4.60. The van der Waals surface area contributed by atoms with Crippen LogP contribution >= 0.6 is 24.8 Å². The van der Waals surface area contributed by atoms with Crippen molar-refractivity contribution in [1.29, 1.82) is 0 Å². The number of β-amino-alcohol motifs (C(OH)–C–C–N with tert-alkyl or cyclic N) is 1. The van der Waals surface area contributed by atoms with Crippen LogP contribution in [0.25, 0.3) is 0 Å². The van der Waals surface area contributed by atoms with Crippen molar-refractivity contribution in [3.05, 3.63) is 59.7 Å². The number of halogens is 2. The first-order chi connectivity index (χ1) is 12.1. The van der Waals surface area contributed by atoms with E-state index in [0.717, 1.165) is 31.9 Å². The molecule has 0 aliphatic carbocycles. The van der Waals surface area contributed by atoms with Crippen LogP contribution in [0.3, 0.4) is 0 Å². The molecule has 0 amide bonds. The molecule has 2 aromatic rings. The van der Waals surface area contributed by atoms with Gasteiger partial charge < -0.3 is 14.7 Å². The Kier molecular flexibility index (Phi) is 9.95. The van der Waals surface area contributed by atoms with Crippen molar-refractivity contribution in [3.63, 3.8) is 0 Å². The van der Waals surface area contributed by atoms with E-state index in [1.54, 1.807) is 0 Å². The summed E-state index contributed by atoms with van der Waals surface area (Å²) in [5.41, 5.74) is 3.64. The van der Waals surface area contributed by atoms with E-state index < -0.39 is 6.10 Å². The van der Waals surface area contributed by atoms with Crippen molar-refractivity contribution in [2.75, 3.05) is 44.2 Å². The summed E-state index contributed by atoms with van der Waals surface area (Å²) in [6.07, 6.45) is -0.468. The predicted octanol–water partition coefficient (Wildman–Crippen LogP) is 3.71. The third-order valence-electron chi connectivity index (χ3n) is 4.60. The fraction of sp³-hybridized carbons (Fsp3) is 0.429. The van der Waals surface area contributed by atoms with Crippen LogP contribution in [0.1, 0.15) is 11.1 Å². The van der Waals surface area contributed by atoms with Gasteiger partial charge in [-0.2, -0.15) is 0 Å². The second-order valence-corrected chi connectivity index (χ2v) is 6.91. The van der Waals surface area contributed by atoms with E-state index in [0.29, 0.717) is 13.2 Å². The van der Waals surface area contributed by atoms with Crippen LogP contribution in [-0.4, -0.2) is 55.4 Å². The molecule has 0 saturated carbocycles. The Labute approximate surface area is 175 Å². The van der Waals surface area contributed by atoms with Crippen LogP contribution in [0.5, 0.6) is 5.75 Å². The van der Waals surface area contributed by atoms with E-state index in [4.69, 9.17) is 4.74 Å². The van der Waals surface area contributed by atoms with E-state index in [2.05, 4.69) is 54.0 Å². The number of hydrogen-bond acceptors (Lipinski definition) is 4. The van der Waals surface area contributed by atoms with Gasteiger partial charge in [-0.1, -0.05) is 24.3 Å². The Hall–Kier alpha value is -1.46. The van der Waals surface area contributed by atoms with Gasteiger partial charge in [0.25, 0.3) is 0 Å². The van der Waals surface area contributed by atoms with Gasteiger partial charge in [-0.25, -0.2) is 0 Å². The molecule has 0 bridgehead atoms. The van der Waals surface area contributed by atoms with Crippen molar-refractivity contribution in [2.24, 2.45) is 0 Å². The minimum atomic E-state index is -0.468. The van der Waals surface area contributed by atoms with Crippen molar-refractivity contribution >= 4 is 30.5 Å². The molecule has 1 heterocycles. The van der Waals surface area contributed by atoms with Gasteiger partial charge in [-0.15, -0.1) is 24.8 Å². The molecule has 1 unspecified atom stereocenters. The fourth-order valence-electron chi connectivity index (χ4n) is 3.39. The maximum atomic E-state index is 10.3. The van der Waals surface area contributed by atoms with Crippen LogP contribution in [0, 0.1) is 13.8 Å². The number of anilines is 1. The lowest BCUT2D eigenvalue weighted by atomic mass is 10.1. The van der Waals surface area contributed by atoms with E-state index in [9.17, 15) is 5.11 Å². The standard InChI is InChI=1S/C21H28N2O2.2ClH/c1-17-12-18(2)14-21(13-17)25-16-20(24)15-22-8-10-23(11-9-22)19-6-4-3-5-7-19;;/h3-7,12-14,20,24H,8-11,15-16H2,1-2H3;2*1H. The molecular weight excluding hydrogens is 383 g/mol. The maximum Gasteiger partial charge on any atom is 0.119 e. The number of ether oxygens (including phenoxy) is 1. The van der Waals surface area contributed by atoms with Crippen LogP contribution in [0.2, 0.25) is 0 Å². The molecule has 150 valence electrons. The molecule has 1 atom stereocenters. The lowest BCUT2D eigenvalue weighted by Crippen LogP contribution is -2.49. The number of aliphatic hydroxyl groups excluding tert-OH is 1. The van der Waals surface area contributed by atoms with Gasteiger partial charge >= 0.3 is 0 Å². The first-order valence-corrected chi connectivity index (χ1v) is 9.01. The first-order valence-electron chi connectivity index (χ1n) is 9.01. The summed E-state index contributed by atoms with van der Waals surface area (Å²) in [5.74, 6) is 0.838. The van der Waals surface area contributed by atoms with Crippen molar-refractivity contribution in [1.82, 2.24) is 4.90 Å². The molecule has 4 nitrogen and oxygen atoms in total. The van der Waals surface area contributed by atoms with Gasteiger partial charge in [0.1, 0.15) is 18.5 Å². The van der Waals surface area contributed by atoms with Crippen molar-refractivity contribution in [2.45, 2.75) is 20.0 Å². The summed E-state index contributed by atoms with van der Waals surface area (Å²) in [6, 6.07) is 16.7. The average Bonchev–Trinajstić information content (AvgIpc) is 2.61. The first kappa shape index (κ1) is 23.6. The highest BCUT2D eigenvalue weighted by molar-refractivity contribution is 5.85. The predicted molar refractivity (Wildman–Crippen MR) is 117 cm³/mol. The average molecular weight is 413 g/mol.